The summed E-state index contributed by atoms with van der Waals surface area (Å²) in [5, 5.41) is 3.62. The Kier molecular flexibility index (Phi) is 4.88. The van der Waals surface area contributed by atoms with Crippen molar-refractivity contribution < 1.29 is 9.59 Å². The number of carbonyl (C=O) groups excluding carboxylic acids is 2. The van der Waals surface area contributed by atoms with Gasteiger partial charge in [0, 0.05) is 24.0 Å². The fraction of sp³-hybridized carbons (Fsp3) is 0.500. The van der Waals surface area contributed by atoms with Crippen LogP contribution in [0.25, 0.3) is 0 Å². The predicted molar refractivity (Wildman–Crippen MR) is 83.0 cm³/mol. The highest BCUT2D eigenvalue weighted by Gasteiger charge is 2.37. The van der Waals surface area contributed by atoms with Gasteiger partial charge >= 0.3 is 0 Å². The average Bonchev–Trinajstić information content (AvgIpc) is 2.82. The van der Waals surface area contributed by atoms with Gasteiger partial charge in [-0.15, -0.1) is 0 Å². The lowest BCUT2D eigenvalue weighted by atomic mass is 10.1. The number of hydrogen-bond donors (Lipinski definition) is 1. The number of nitrogens with zero attached hydrogens (tertiary/aromatic N) is 1. The smallest absolute Gasteiger partial charge is 0.243 e. The van der Waals surface area contributed by atoms with Crippen LogP contribution in [0.2, 0.25) is 5.02 Å². The van der Waals surface area contributed by atoms with Crippen molar-refractivity contribution in [1.82, 2.24) is 10.2 Å². The molecule has 0 bridgehead atoms. The molecule has 5 heteroatoms. The maximum absolute atomic E-state index is 12.3. The number of likely N-dealkylation sites (tertiary alicyclic amines) is 1. The number of carbonyl (C=O) groups is 2. The molecule has 1 saturated heterocycles. The van der Waals surface area contributed by atoms with E-state index in [1.807, 2.05) is 39.0 Å². The molecular formula is C16H21ClN2O2. The van der Waals surface area contributed by atoms with E-state index in [2.05, 4.69) is 5.32 Å². The van der Waals surface area contributed by atoms with Crippen LogP contribution in [0, 0.1) is 6.92 Å². The van der Waals surface area contributed by atoms with E-state index in [-0.39, 0.29) is 23.9 Å². The van der Waals surface area contributed by atoms with Gasteiger partial charge in [0.1, 0.15) is 6.04 Å². The lowest BCUT2D eigenvalue weighted by Gasteiger charge is -2.27. The van der Waals surface area contributed by atoms with Crippen LogP contribution in [0.1, 0.15) is 37.8 Å². The summed E-state index contributed by atoms with van der Waals surface area (Å²) < 4.78 is 0. The van der Waals surface area contributed by atoms with Crippen LogP contribution in [0.4, 0.5) is 0 Å². The molecule has 1 unspecified atom stereocenters. The maximum Gasteiger partial charge on any atom is 0.243 e. The number of nitrogens with one attached hydrogen (secondary N) is 1. The van der Waals surface area contributed by atoms with E-state index in [4.69, 9.17) is 11.6 Å². The zero-order valence-corrected chi connectivity index (χ0v) is 13.4. The molecule has 1 atom stereocenters. The Hall–Kier alpha value is -1.55. The molecule has 0 saturated carbocycles. The number of hydrogen-bond acceptors (Lipinski definition) is 2. The van der Waals surface area contributed by atoms with Gasteiger partial charge in [0.25, 0.3) is 0 Å². The van der Waals surface area contributed by atoms with Gasteiger partial charge < -0.3 is 10.2 Å². The van der Waals surface area contributed by atoms with Gasteiger partial charge in [-0.2, -0.15) is 0 Å². The molecule has 0 spiro atoms. The van der Waals surface area contributed by atoms with Crippen molar-refractivity contribution >= 4 is 23.4 Å². The SMILES string of the molecule is Cc1c(Cl)cccc1CNC(=O)C1CCC(=O)N1C(C)C. The molecule has 1 heterocycles. The third-order valence-corrected chi connectivity index (χ3v) is 4.36. The lowest BCUT2D eigenvalue weighted by Crippen LogP contribution is -2.47. The molecule has 1 aliphatic rings. The van der Waals surface area contributed by atoms with Crippen molar-refractivity contribution in [2.24, 2.45) is 0 Å². The minimum absolute atomic E-state index is 0.0451. The number of benzene rings is 1. The fourth-order valence-electron chi connectivity index (χ4n) is 2.75. The third kappa shape index (κ3) is 3.38. The van der Waals surface area contributed by atoms with Gasteiger partial charge in [0.15, 0.2) is 0 Å². The zero-order chi connectivity index (χ0) is 15.6. The van der Waals surface area contributed by atoms with E-state index in [0.717, 1.165) is 11.1 Å². The maximum atomic E-state index is 12.3. The molecule has 2 rings (SSSR count). The van der Waals surface area contributed by atoms with Crippen molar-refractivity contribution in [2.75, 3.05) is 0 Å². The molecule has 2 amide bonds. The van der Waals surface area contributed by atoms with Crippen molar-refractivity contribution in [2.45, 2.75) is 52.2 Å². The molecule has 1 aliphatic heterocycles. The van der Waals surface area contributed by atoms with E-state index in [1.54, 1.807) is 4.90 Å². The number of rotatable bonds is 4. The van der Waals surface area contributed by atoms with Crippen LogP contribution >= 0.6 is 11.6 Å². The summed E-state index contributed by atoms with van der Waals surface area (Å²) in [6.07, 6.45) is 1.05. The molecule has 1 fully saturated rings. The molecule has 114 valence electrons. The van der Waals surface area contributed by atoms with Gasteiger partial charge in [-0.25, -0.2) is 0 Å². The summed E-state index contributed by atoms with van der Waals surface area (Å²) in [5.74, 6) is -0.0296. The minimum Gasteiger partial charge on any atom is -0.350 e. The lowest BCUT2D eigenvalue weighted by molar-refractivity contribution is -0.137. The summed E-state index contributed by atoms with van der Waals surface area (Å²) in [7, 11) is 0. The average molecular weight is 309 g/mol. The molecule has 4 nitrogen and oxygen atoms in total. The molecule has 1 N–H and O–H groups in total. The monoisotopic (exact) mass is 308 g/mol. The standard InChI is InChI=1S/C16H21ClN2O2/c1-10(2)19-14(7-8-15(19)20)16(21)18-9-12-5-4-6-13(17)11(12)3/h4-6,10,14H,7-9H2,1-3H3,(H,18,21). The van der Waals surface area contributed by atoms with Crippen LogP contribution < -0.4 is 5.32 Å². The summed E-state index contributed by atoms with van der Waals surface area (Å²) in [6, 6.07) is 5.34. The predicted octanol–water partition coefficient (Wildman–Crippen LogP) is 2.66. The largest absolute Gasteiger partial charge is 0.350 e. The molecular weight excluding hydrogens is 288 g/mol. The first-order chi connectivity index (χ1) is 9.91. The van der Waals surface area contributed by atoms with Crippen molar-refractivity contribution in [3.63, 3.8) is 0 Å². The number of amides is 2. The molecule has 21 heavy (non-hydrogen) atoms. The van der Waals surface area contributed by atoms with Gasteiger partial charge in [0.2, 0.25) is 11.8 Å². The van der Waals surface area contributed by atoms with Gasteiger partial charge in [-0.05, 0) is 44.4 Å². The van der Waals surface area contributed by atoms with Crippen molar-refractivity contribution in [1.29, 1.82) is 0 Å². The van der Waals surface area contributed by atoms with Gasteiger partial charge in [0.05, 0.1) is 0 Å². The van der Waals surface area contributed by atoms with Crippen LogP contribution in [0.15, 0.2) is 18.2 Å². The van der Waals surface area contributed by atoms with E-state index < -0.39 is 0 Å². The van der Waals surface area contributed by atoms with Crippen molar-refractivity contribution in [3.8, 4) is 0 Å². The van der Waals surface area contributed by atoms with Crippen molar-refractivity contribution in [3.05, 3.63) is 34.3 Å². The molecule has 1 aromatic rings. The topological polar surface area (TPSA) is 49.4 Å². The van der Waals surface area contributed by atoms with Crippen LogP contribution in [0.5, 0.6) is 0 Å². The Bertz CT molecular complexity index is 557. The minimum atomic E-state index is -0.350. The first-order valence-corrected chi connectivity index (χ1v) is 7.62. The Morgan fingerprint density at radius 3 is 2.86 bits per heavy atom. The van der Waals surface area contributed by atoms with Crippen LogP contribution in [-0.2, 0) is 16.1 Å². The zero-order valence-electron chi connectivity index (χ0n) is 12.6. The second kappa shape index (κ2) is 6.48. The summed E-state index contributed by atoms with van der Waals surface area (Å²) >= 11 is 6.07. The second-order valence-electron chi connectivity index (χ2n) is 5.69. The van der Waals surface area contributed by atoms with E-state index in [1.165, 1.54) is 0 Å². The fourth-order valence-corrected chi connectivity index (χ4v) is 2.95. The van der Waals surface area contributed by atoms with E-state index >= 15 is 0 Å². The Labute approximate surface area is 130 Å². The summed E-state index contributed by atoms with van der Waals surface area (Å²) in [4.78, 5) is 25.9. The Balaban J connectivity index is 2.02. The first-order valence-electron chi connectivity index (χ1n) is 7.24. The van der Waals surface area contributed by atoms with E-state index in [0.29, 0.717) is 24.4 Å². The second-order valence-corrected chi connectivity index (χ2v) is 6.10. The third-order valence-electron chi connectivity index (χ3n) is 3.95. The quantitative estimate of drug-likeness (QED) is 0.929. The first kappa shape index (κ1) is 15.8. The highest BCUT2D eigenvalue weighted by molar-refractivity contribution is 6.31. The van der Waals surface area contributed by atoms with Crippen LogP contribution in [0.3, 0.4) is 0 Å². The summed E-state index contributed by atoms with van der Waals surface area (Å²) in [5.41, 5.74) is 1.97. The normalized spacial score (nSPS) is 18.4. The van der Waals surface area contributed by atoms with Gasteiger partial charge in [-0.3, -0.25) is 9.59 Å². The number of halogens is 1. The highest BCUT2D eigenvalue weighted by Crippen LogP contribution is 2.22. The van der Waals surface area contributed by atoms with Gasteiger partial charge in [-0.1, -0.05) is 23.7 Å². The molecule has 0 radical (unpaired) electrons. The van der Waals surface area contributed by atoms with E-state index in [9.17, 15) is 9.59 Å². The molecule has 1 aromatic carbocycles. The van der Waals surface area contributed by atoms with Crippen LogP contribution in [-0.4, -0.2) is 28.8 Å². The Morgan fingerprint density at radius 2 is 2.19 bits per heavy atom. The highest BCUT2D eigenvalue weighted by atomic mass is 35.5. The summed E-state index contributed by atoms with van der Waals surface area (Å²) in [6.45, 7) is 6.24. The molecule has 0 aliphatic carbocycles. The Morgan fingerprint density at radius 1 is 1.48 bits per heavy atom. The molecule has 0 aromatic heterocycles.